The van der Waals surface area contributed by atoms with Gasteiger partial charge in [-0.25, -0.2) is 9.97 Å². The predicted octanol–water partition coefficient (Wildman–Crippen LogP) is 9.55. The van der Waals surface area contributed by atoms with Crippen molar-refractivity contribution in [3.63, 3.8) is 0 Å². The summed E-state index contributed by atoms with van der Waals surface area (Å²) in [5.74, 6) is 0.680. The molecule has 3 heteroatoms. The zero-order chi connectivity index (χ0) is 27.9. The van der Waals surface area contributed by atoms with Gasteiger partial charge in [0.2, 0.25) is 0 Å². The third-order valence-corrected chi connectivity index (χ3v) is 6.97. The monoisotopic (exact) mass is 527 g/mol. The number of nitrogens with zero attached hydrogens (tertiary/aromatic N) is 3. The third kappa shape index (κ3) is 6.10. The van der Waals surface area contributed by atoms with E-state index in [0.29, 0.717) is 5.82 Å². The molecule has 6 rings (SSSR count). The van der Waals surface area contributed by atoms with Gasteiger partial charge in [-0.3, -0.25) is 4.98 Å². The summed E-state index contributed by atoms with van der Waals surface area (Å²) in [4.78, 5) is 14.4. The molecule has 0 atom stereocenters. The van der Waals surface area contributed by atoms with Crippen molar-refractivity contribution in [2.24, 2.45) is 0 Å². The van der Waals surface area contributed by atoms with Crippen LogP contribution in [-0.4, -0.2) is 15.0 Å². The molecular formula is C38H29N3. The van der Waals surface area contributed by atoms with Crippen molar-refractivity contribution in [2.45, 2.75) is 6.42 Å². The second kappa shape index (κ2) is 12.2. The molecular weight excluding hydrogens is 498 g/mol. The van der Waals surface area contributed by atoms with Crippen molar-refractivity contribution in [3.8, 4) is 44.6 Å². The molecule has 0 fully saturated rings. The molecule has 2 heterocycles. The van der Waals surface area contributed by atoms with Gasteiger partial charge < -0.3 is 0 Å². The SMILES string of the molecule is C=C1/C=C\C=C/C/C=C(c2ncc(-c3cccc(-c4cccnc4)c3)c(-c3cccc(-c4ccccc4)c3)n2)\C=C/1. The number of benzene rings is 3. The van der Waals surface area contributed by atoms with Gasteiger partial charge in [-0.05, 0) is 52.4 Å². The number of pyridine rings is 1. The number of allylic oxidation sites excluding steroid dienone is 9. The first-order chi connectivity index (χ1) is 20.2. The molecule has 1 aliphatic rings. The second-order valence-corrected chi connectivity index (χ2v) is 9.82. The van der Waals surface area contributed by atoms with Crippen LogP contribution in [0.3, 0.4) is 0 Å². The smallest absolute Gasteiger partial charge is 0.159 e. The van der Waals surface area contributed by atoms with Gasteiger partial charge in [-0.1, -0.05) is 122 Å². The van der Waals surface area contributed by atoms with E-state index in [0.717, 1.165) is 56.6 Å². The molecule has 3 aromatic carbocycles. The molecule has 0 radical (unpaired) electrons. The standard InChI is InChI=1S/C38H29N3/c1-28-12-5-2-3-6-15-30(22-21-28)38-40-27-36(33-18-9-17-32(24-33)35-20-11-23-39-26-35)37(41-38)34-19-10-16-31(25-34)29-13-7-4-8-14-29/h2-5,7-27H,1,6H2/b3-2-,12-5-,22-21-,30-15+. The minimum atomic E-state index is 0.680. The Morgan fingerprint density at radius 3 is 2.17 bits per heavy atom. The van der Waals surface area contributed by atoms with Gasteiger partial charge in [0.25, 0.3) is 0 Å². The third-order valence-electron chi connectivity index (χ3n) is 6.97. The number of aromatic nitrogens is 3. The van der Waals surface area contributed by atoms with Crippen LogP contribution in [0, 0.1) is 0 Å². The maximum Gasteiger partial charge on any atom is 0.159 e. The Bertz CT molecular complexity index is 1810. The molecule has 41 heavy (non-hydrogen) atoms. The maximum absolute atomic E-state index is 5.22. The summed E-state index contributed by atoms with van der Waals surface area (Å²) in [6.45, 7) is 4.13. The summed E-state index contributed by atoms with van der Waals surface area (Å²) in [7, 11) is 0. The molecule has 0 unspecified atom stereocenters. The summed E-state index contributed by atoms with van der Waals surface area (Å²) in [6.07, 6.45) is 20.8. The largest absolute Gasteiger partial charge is 0.264 e. The average molecular weight is 528 g/mol. The molecule has 0 amide bonds. The van der Waals surface area contributed by atoms with Crippen molar-refractivity contribution >= 4 is 5.57 Å². The Kier molecular flexibility index (Phi) is 7.68. The first-order valence-electron chi connectivity index (χ1n) is 13.7. The van der Waals surface area contributed by atoms with Gasteiger partial charge in [-0.15, -0.1) is 0 Å². The lowest BCUT2D eigenvalue weighted by Gasteiger charge is -2.14. The van der Waals surface area contributed by atoms with E-state index in [9.17, 15) is 0 Å². The van der Waals surface area contributed by atoms with E-state index in [4.69, 9.17) is 9.97 Å². The van der Waals surface area contributed by atoms with E-state index < -0.39 is 0 Å². The lowest BCUT2D eigenvalue weighted by atomic mass is 9.95. The molecule has 0 spiro atoms. The molecule has 0 aliphatic heterocycles. The van der Waals surface area contributed by atoms with Crippen LogP contribution in [0.4, 0.5) is 0 Å². The molecule has 0 bridgehead atoms. The van der Waals surface area contributed by atoms with Crippen LogP contribution >= 0.6 is 0 Å². The lowest BCUT2D eigenvalue weighted by Crippen LogP contribution is -1.99. The van der Waals surface area contributed by atoms with Crippen molar-refractivity contribution in [2.75, 3.05) is 0 Å². The van der Waals surface area contributed by atoms with E-state index in [1.54, 1.807) is 6.20 Å². The molecule has 0 N–H and O–H groups in total. The lowest BCUT2D eigenvalue weighted by molar-refractivity contribution is 1.12. The molecule has 1 aliphatic carbocycles. The zero-order valence-corrected chi connectivity index (χ0v) is 22.7. The van der Waals surface area contributed by atoms with Crippen molar-refractivity contribution < 1.29 is 0 Å². The molecule has 2 aromatic heterocycles. The normalized spacial score (nSPS) is 16.8. The Morgan fingerprint density at radius 1 is 0.610 bits per heavy atom. The van der Waals surface area contributed by atoms with Crippen LogP contribution in [0.15, 0.2) is 164 Å². The van der Waals surface area contributed by atoms with Gasteiger partial charge in [0.15, 0.2) is 5.82 Å². The number of hydrogen-bond acceptors (Lipinski definition) is 3. The minimum absolute atomic E-state index is 0.680. The summed E-state index contributed by atoms with van der Waals surface area (Å²) >= 11 is 0. The van der Waals surface area contributed by atoms with Crippen LogP contribution in [0.5, 0.6) is 0 Å². The fourth-order valence-corrected chi connectivity index (χ4v) is 4.85. The summed E-state index contributed by atoms with van der Waals surface area (Å²) in [5.41, 5.74) is 10.3. The number of hydrogen-bond donors (Lipinski definition) is 0. The highest BCUT2D eigenvalue weighted by atomic mass is 14.9. The van der Waals surface area contributed by atoms with Crippen LogP contribution in [0.25, 0.3) is 50.2 Å². The Balaban J connectivity index is 1.51. The van der Waals surface area contributed by atoms with Gasteiger partial charge >= 0.3 is 0 Å². The van der Waals surface area contributed by atoms with Gasteiger partial charge in [0, 0.05) is 40.9 Å². The predicted molar refractivity (Wildman–Crippen MR) is 171 cm³/mol. The molecule has 3 nitrogen and oxygen atoms in total. The Morgan fingerprint density at radius 2 is 1.34 bits per heavy atom. The topological polar surface area (TPSA) is 38.7 Å². The maximum atomic E-state index is 5.22. The van der Waals surface area contributed by atoms with E-state index in [1.165, 1.54) is 5.56 Å². The first kappa shape index (κ1) is 25.8. The van der Waals surface area contributed by atoms with Crippen LogP contribution < -0.4 is 0 Å². The summed E-state index contributed by atoms with van der Waals surface area (Å²) in [6, 6.07) is 31.5. The fraction of sp³-hybridized carbons (Fsp3) is 0.0263. The Labute approximate surface area is 241 Å². The fourth-order valence-electron chi connectivity index (χ4n) is 4.85. The van der Waals surface area contributed by atoms with E-state index in [1.807, 2.05) is 54.9 Å². The second-order valence-electron chi connectivity index (χ2n) is 9.82. The highest BCUT2D eigenvalue weighted by molar-refractivity contribution is 5.85. The van der Waals surface area contributed by atoms with Crippen molar-refractivity contribution in [1.29, 1.82) is 0 Å². The molecule has 5 aromatic rings. The van der Waals surface area contributed by atoms with Crippen molar-refractivity contribution in [3.05, 3.63) is 170 Å². The van der Waals surface area contributed by atoms with E-state index >= 15 is 0 Å². The highest BCUT2D eigenvalue weighted by Gasteiger charge is 2.15. The van der Waals surface area contributed by atoms with Crippen LogP contribution in [0.2, 0.25) is 0 Å². The van der Waals surface area contributed by atoms with Crippen molar-refractivity contribution in [1.82, 2.24) is 15.0 Å². The molecule has 0 saturated carbocycles. The van der Waals surface area contributed by atoms with Crippen LogP contribution in [0.1, 0.15) is 12.2 Å². The first-order valence-corrected chi connectivity index (χ1v) is 13.7. The summed E-state index contributed by atoms with van der Waals surface area (Å²) in [5, 5.41) is 0. The highest BCUT2D eigenvalue weighted by Crippen LogP contribution is 2.35. The summed E-state index contributed by atoms with van der Waals surface area (Å²) < 4.78 is 0. The number of rotatable bonds is 5. The average Bonchev–Trinajstić information content (AvgIpc) is 3.05. The molecule has 0 saturated heterocycles. The van der Waals surface area contributed by atoms with Gasteiger partial charge in [0.1, 0.15) is 0 Å². The quantitative estimate of drug-likeness (QED) is 0.228. The van der Waals surface area contributed by atoms with Gasteiger partial charge in [0.05, 0.1) is 5.69 Å². The minimum Gasteiger partial charge on any atom is -0.264 e. The van der Waals surface area contributed by atoms with E-state index in [2.05, 4.69) is 103 Å². The Hall–Kier alpha value is -5.41. The van der Waals surface area contributed by atoms with E-state index in [-0.39, 0.29) is 0 Å². The van der Waals surface area contributed by atoms with Gasteiger partial charge in [-0.2, -0.15) is 0 Å². The molecule has 196 valence electrons. The van der Waals surface area contributed by atoms with Crippen LogP contribution in [-0.2, 0) is 0 Å². The zero-order valence-electron chi connectivity index (χ0n) is 22.7.